The molecule has 2 aromatic carbocycles. The number of carbonyl (C=O) groups is 1. The maximum atomic E-state index is 12.6. The molecule has 1 aliphatic carbocycles. The standard InChI is InChI=1S/C24H26N2O3/c27-24(14-20-16-29-23-13-19-3-1-2-18(19)12-22(20)23)25-21-6-4-17(5-7-21)15-26-8-10-28-11-9-26/h4-7,12-13,16H,1-3,8-11,14-15H2,(H,25,27). The molecule has 5 rings (SSSR count). The maximum absolute atomic E-state index is 12.6. The number of rotatable bonds is 5. The van der Waals surface area contributed by atoms with Crippen molar-refractivity contribution in [3.05, 3.63) is 64.9 Å². The molecule has 1 aliphatic heterocycles. The lowest BCUT2D eigenvalue weighted by Crippen LogP contribution is -2.35. The molecule has 1 N–H and O–H groups in total. The van der Waals surface area contributed by atoms with Crippen molar-refractivity contribution in [2.24, 2.45) is 0 Å². The number of morpholine rings is 1. The van der Waals surface area contributed by atoms with Crippen molar-refractivity contribution in [2.75, 3.05) is 31.6 Å². The van der Waals surface area contributed by atoms with Crippen LogP contribution in [0.2, 0.25) is 0 Å². The van der Waals surface area contributed by atoms with Crippen LogP contribution in [-0.2, 0) is 35.3 Å². The largest absolute Gasteiger partial charge is 0.464 e. The number of nitrogens with one attached hydrogen (secondary N) is 1. The summed E-state index contributed by atoms with van der Waals surface area (Å²) in [6.07, 6.45) is 5.51. The molecule has 0 unspecified atom stereocenters. The minimum absolute atomic E-state index is 0.0193. The fourth-order valence-electron chi connectivity index (χ4n) is 4.37. The first-order chi connectivity index (χ1) is 14.2. The molecule has 5 heteroatoms. The number of nitrogens with zero attached hydrogens (tertiary/aromatic N) is 1. The average molecular weight is 390 g/mol. The summed E-state index contributed by atoms with van der Waals surface area (Å²) in [5, 5.41) is 4.08. The van der Waals surface area contributed by atoms with E-state index in [1.165, 1.54) is 23.1 Å². The van der Waals surface area contributed by atoms with E-state index in [1.54, 1.807) is 6.26 Å². The third-order valence-electron chi connectivity index (χ3n) is 5.97. The summed E-state index contributed by atoms with van der Waals surface area (Å²) in [7, 11) is 0. The van der Waals surface area contributed by atoms with Crippen LogP contribution >= 0.6 is 0 Å². The van der Waals surface area contributed by atoms with Gasteiger partial charge in [-0.05, 0) is 60.2 Å². The predicted molar refractivity (Wildman–Crippen MR) is 113 cm³/mol. The van der Waals surface area contributed by atoms with Gasteiger partial charge in [0.15, 0.2) is 0 Å². The zero-order valence-electron chi connectivity index (χ0n) is 16.6. The van der Waals surface area contributed by atoms with E-state index in [1.807, 2.05) is 12.1 Å². The summed E-state index contributed by atoms with van der Waals surface area (Å²) in [5.41, 5.74) is 6.71. The predicted octanol–water partition coefficient (Wildman–Crippen LogP) is 3.93. The number of fused-ring (bicyclic) bond motifs is 2. The average Bonchev–Trinajstić information content (AvgIpc) is 3.35. The third kappa shape index (κ3) is 4.07. The number of hydrogen-bond donors (Lipinski definition) is 1. The molecule has 0 saturated carbocycles. The molecular weight excluding hydrogens is 364 g/mol. The van der Waals surface area contributed by atoms with Crippen LogP contribution in [0.1, 0.15) is 28.7 Å². The molecule has 0 radical (unpaired) electrons. The molecule has 150 valence electrons. The zero-order valence-corrected chi connectivity index (χ0v) is 16.6. The topological polar surface area (TPSA) is 54.7 Å². The molecule has 29 heavy (non-hydrogen) atoms. The van der Waals surface area contributed by atoms with Crippen molar-refractivity contribution >= 4 is 22.6 Å². The van der Waals surface area contributed by atoms with Crippen molar-refractivity contribution in [1.82, 2.24) is 4.90 Å². The first-order valence-electron chi connectivity index (χ1n) is 10.5. The molecule has 1 aromatic heterocycles. The number of benzene rings is 2. The quantitative estimate of drug-likeness (QED) is 0.717. The Hall–Kier alpha value is -2.63. The van der Waals surface area contributed by atoms with E-state index in [-0.39, 0.29) is 5.91 Å². The molecule has 0 atom stereocenters. The number of amides is 1. The summed E-state index contributed by atoms with van der Waals surface area (Å²) in [6, 6.07) is 12.5. The molecule has 1 fully saturated rings. The Kier molecular flexibility index (Phi) is 5.08. The Bertz CT molecular complexity index is 1020. The van der Waals surface area contributed by atoms with Crippen LogP contribution in [0.5, 0.6) is 0 Å². The highest BCUT2D eigenvalue weighted by Crippen LogP contribution is 2.30. The van der Waals surface area contributed by atoms with Crippen LogP contribution in [0, 0.1) is 0 Å². The third-order valence-corrected chi connectivity index (χ3v) is 5.97. The summed E-state index contributed by atoms with van der Waals surface area (Å²) >= 11 is 0. The van der Waals surface area contributed by atoms with Gasteiger partial charge < -0.3 is 14.5 Å². The minimum atomic E-state index is -0.0193. The van der Waals surface area contributed by atoms with Crippen molar-refractivity contribution in [3.63, 3.8) is 0 Å². The van der Waals surface area contributed by atoms with Crippen molar-refractivity contribution < 1.29 is 13.9 Å². The Balaban J connectivity index is 1.22. The first kappa shape index (κ1) is 18.4. The summed E-state index contributed by atoms with van der Waals surface area (Å²) in [4.78, 5) is 15.0. The molecule has 2 aliphatic rings. The number of ether oxygens (including phenoxy) is 1. The Morgan fingerprint density at radius 1 is 1.03 bits per heavy atom. The number of carbonyl (C=O) groups excluding carboxylic acids is 1. The molecule has 0 spiro atoms. The fourth-order valence-corrected chi connectivity index (χ4v) is 4.37. The molecule has 3 aromatic rings. The smallest absolute Gasteiger partial charge is 0.228 e. The highest BCUT2D eigenvalue weighted by atomic mass is 16.5. The van der Waals surface area contributed by atoms with Crippen molar-refractivity contribution in [3.8, 4) is 0 Å². The van der Waals surface area contributed by atoms with Gasteiger partial charge in [0.05, 0.1) is 25.9 Å². The van der Waals surface area contributed by atoms with Crippen LogP contribution in [0.4, 0.5) is 5.69 Å². The number of hydrogen-bond acceptors (Lipinski definition) is 4. The number of aryl methyl sites for hydroxylation is 2. The minimum Gasteiger partial charge on any atom is -0.464 e. The lowest BCUT2D eigenvalue weighted by molar-refractivity contribution is -0.115. The van der Waals surface area contributed by atoms with Crippen LogP contribution in [-0.4, -0.2) is 37.1 Å². The van der Waals surface area contributed by atoms with E-state index < -0.39 is 0 Å². The van der Waals surface area contributed by atoms with Gasteiger partial charge in [-0.3, -0.25) is 9.69 Å². The van der Waals surface area contributed by atoms with Gasteiger partial charge in [0.25, 0.3) is 0 Å². The van der Waals surface area contributed by atoms with Gasteiger partial charge in [-0.1, -0.05) is 12.1 Å². The van der Waals surface area contributed by atoms with Crippen molar-refractivity contribution in [2.45, 2.75) is 32.2 Å². The zero-order chi connectivity index (χ0) is 19.6. The van der Waals surface area contributed by atoms with E-state index in [0.717, 1.165) is 67.9 Å². The molecule has 1 saturated heterocycles. The lowest BCUT2D eigenvalue weighted by Gasteiger charge is -2.26. The monoisotopic (exact) mass is 390 g/mol. The van der Waals surface area contributed by atoms with Gasteiger partial charge in [-0.2, -0.15) is 0 Å². The van der Waals surface area contributed by atoms with Crippen LogP contribution in [0.3, 0.4) is 0 Å². The summed E-state index contributed by atoms with van der Waals surface area (Å²) < 4.78 is 11.1. The van der Waals surface area contributed by atoms with E-state index in [0.29, 0.717) is 6.42 Å². The van der Waals surface area contributed by atoms with Gasteiger partial charge in [0.2, 0.25) is 5.91 Å². The second kappa shape index (κ2) is 8.01. The Morgan fingerprint density at radius 2 is 1.79 bits per heavy atom. The van der Waals surface area contributed by atoms with Crippen LogP contribution in [0.25, 0.3) is 11.0 Å². The summed E-state index contributed by atoms with van der Waals surface area (Å²) in [6.45, 7) is 4.48. The van der Waals surface area contributed by atoms with E-state index in [2.05, 4.69) is 34.5 Å². The van der Waals surface area contributed by atoms with E-state index in [4.69, 9.17) is 9.15 Å². The Labute approximate surface area is 170 Å². The molecule has 5 nitrogen and oxygen atoms in total. The highest BCUT2D eigenvalue weighted by Gasteiger charge is 2.17. The maximum Gasteiger partial charge on any atom is 0.228 e. The van der Waals surface area contributed by atoms with Gasteiger partial charge >= 0.3 is 0 Å². The normalized spacial score (nSPS) is 16.8. The summed E-state index contributed by atoms with van der Waals surface area (Å²) in [5.74, 6) is -0.0193. The second-order valence-electron chi connectivity index (χ2n) is 8.04. The fraction of sp³-hybridized carbons (Fsp3) is 0.375. The van der Waals surface area contributed by atoms with Crippen molar-refractivity contribution in [1.29, 1.82) is 0 Å². The molecular formula is C24H26N2O3. The SMILES string of the molecule is O=C(Cc1coc2cc3c(cc12)CCC3)Nc1ccc(CN2CCOCC2)cc1. The second-order valence-corrected chi connectivity index (χ2v) is 8.04. The van der Waals surface area contributed by atoms with Gasteiger partial charge in [-0.15, -0.1) is 0 Å². The Morgan fingerprint density at radius 3 is 2.59 bits per heavy atom. The number of furan rings is 1. The number of anilines is 1. The molecule has 2 heterocycles. The van der Waals surface area contributed by atoms with Gasteiger partial charge in [-0.25, -0.2) is 0 Å². The highest BCUT2D eigenvalue weighted by molar-refractivity contribution is 5.95. The van der Waals surface area contributed by atoms with Gasteiger partial charge in [0.1, 0.15) is 5.58 Å². The van der Waals surface area contributed by atoms with Crippen LogP contribution in [0.15, 0.2) is 47.1 Å². The van der Waals surface area contributed by atoms with Crippen LogP contribution < -0.4 is 5.32 Å². The van der Waals surface area contributed by atoms with E-state index in [9.17, 15) is 4.79 Å². The lowest BCUT2D eigenvalue weighted by atomic mass is 10.0. The first-order valence-corrected chi connectivity index (χ1v) is 10.5. The molecule has 1 amide bonds. The van der Waals surface area contributed by atoms with E-state index >= 15 is 0 Å². The van der Waals surface area contributed by atoms with Gasteiger partial charge in [0, 0.05) is 36.3 Å². The molecule has 0 bridgehead atoms.